The van der Waals surface area contributed by atoms with Crippen LogP contribution in [0.25, 0.3) is 0 Å². The van der Waals surface area contributed by atoms with E-state index in [1.807, 2.05) is 20.8 Å². The Kier molecular flexibility index (Phi) is 5.88. The Bertz CT molecular complexity index is 1040. The minimum absolute atomic E-state index is 0.135. The number of fused-ring (bicyclic) bond motifs is 1. The normalized spacial score (nSPS) is 37.8. The van der Waals surface area contributed by atoms with E-state index in [0.29, 0.717) is 18.4 Å². The van der Waals surface area contributed by atoms with Crippen molar-refractivity contribution < 1.29 is 18.7 Å². The quantitative estimate of drug-likeness (QED) is 0.396. The molecule has 5 atom stereocenters. The Hall–Kier alpha value is -1.37. The van der Waals surface area contributed by atoms with E-state index in [9.17, 15) is 4.79 Å². The smallest absolute Gasteiger partial charge is 0.411 e. The predicted octanol–water partition coefficient (Wildman–Crippen LogP) is 7.55. The Balaban J connectivity index is 1.41. The lowest BCUT2D eigenvalue weighted by molar-refractivity contribution is -0.132. The number of hydrogen-bond donors (Lipinski definition) is 1. The summed E-state index contributed by atoms with van der Waals surface area (Å²) in [7, 11) is -1.86. The van der Waals surface area contributed by atoms with Crippen LogP contribution in [0.1, 0.15) is 93.4 Å². The topological polar surface area (TPSA) is 56.8 Å². The van der Waals surface area contributed by atoms with Gasteiger partial charge in [0.15, 0.2) is 8.32 Å². The summed E-state index contributed by atoms with van der Waals surface area (Å²) in [4.78, 5) is 12.5. The van der Waals surface area contributed by atoms with Gasteiger partial charge in [-0.05, 0) is 106 Å². The SMILES string of the molecule is CC(C)(C)OC(=O)NC1=C[C@@]23CC[C@@]4(O2)C(=CC3=CC1)CC[C@]1(C)[C@@H](O[Si](C)(C)C(C)(C)C)CC[C@H]14. The second-order valence-corrected chi connectivity index (χ2v) is 19.5. The maximum atomic E-state index is 12.5. The van der Waals surface area contributed by atoms with Crippen molar-refractivity contribution in [2.75, 3.05) is 0 Å². The molecular formula is C30H47NO4Si. The highest BCUT2D eigenvalue weighted by Crippen LogP contribution is 2.67. The summed E-state index contributed by atoms with van der Waals surface area (Å²) >= 11 is 0. The van der Waals surface area contributed by atoms with Gasteiger partial charge in [-0.3, -0.25) is 5.32 Å². The third kappa shape index (κ3) is 4.06. The summed E-state index contributed by atoms with van der Waals surface area (Å²) in [5.74, 6) is 0.471. The lowest BCUT2D eigenvalue weighted by atomic mass is 9.58. The molecule has 1 N–H and O–H groups in total. The highest BCUT2D eigenvalue weighted by molar-refractivity contribution is 6.74. The molecule has 5 rings (SSSR count). The third-order valence-corrected chi connectivity index (χ3v) is 14.7. The van der Waals surface area contributed by atoms with Crippen LogP contribution in [-0.2, 0) is 13.9 Å². The van der Waals surface area contributed by atoms with E-state index in [1.165, 1.54) is 17.6 Å². The molecule has 0 radical (unpaired) electrons. The van der Waals surface area contributed by atoms with E-state index in [2.05, 4.69) is 64.3 Å². The maximum absolute atomic E-state index is 12.5. The molecule has 3 fully saturated rings. The first-order valence-electron chi connectivity index (χ1n) is 14.0. The first-order valence-corrected chi connectivity index (χ1v) is 16.9. The number of amides is 1. The van der Waals surface area contributed by atoms with Crippen LogP contribution in [0.2, 0.25) is 18.1 Å². The maximum Gasteiger partial charge on any atom is 0.411 e. The number of carbonyl (C=O) groups excluding carboxylic acids is 1. The van der Waals surface area contributed by atoms with E-state index in [1.54, 1.807) is 0 Å². The van der Waals surface area contributed by atoms with E-state index in [-0.39, 0.29) is 16.1 Å². The van der Waals surface area contributed by atoms with Crippen molar-refractivity contribution in [3.63, 3.8) is 0 Å². The average Bonchev–Trinajstić information content (AvgIpc) is 3.20. The summed E-state index contributed by atoms with van der Waals surface area (Å²) < 4.78 is 19.9. The van der Waals surface area contributed by atoms with Gasteiger partial charge in [0.1, 0.15) is 11.2 Å². The van der Waals surface area contributed by atoms with Crippen LogP contribution >= 0.6 is 0 Å². The number of nitrogens with one attached hydrogen (secondary N) is 1. The van der Waals surface area contributed by atoms with Crippen molar-refractivity contribution >= 4 is 14.4 Å². The second kappa shape index (κ2) is 8.06. The van der Waals surface area contributed by atoms with Crippen LogP contribution in [0.15, 0.2) is 35.1 Å². The number of hydrogen-bond acceptors (Lipinski definition) is 4. The first-order chi connectivity index (χ1) is 16.5. The van der Waals surface area contributed by atoms with Crippen molar-refractivity contribution in [3.8, 4) is 0 Å². The lowest BCUT2D eigenvalue weighted by Gasteiger charge is -2.55. The zero-order chi connectivity index (χ0) is 26.4. The van der Waals surface area contributed by atoms with Gasteiger partial charge in [-0.1, -0.05) is 39.8 Å². The Morgan fingerprint density at radius 1 is 1.11 bits per heavy atom. The van der Waals surface area contributed by atoms with Crippen molar-refractivity contribution in [2.45, 2.75) is 134 Å². The van der Waals surface area contributed by atoms with Crippen molar-refractivity contribution in [1.82, 2.24) is 5.32 Å². The fourth-order valence-corrected chi connectivity index (χ4v) is 8.80. The van der Waals surface area contributed by atoms with Gasteiger partial charge in [-0.2, -0.15) is 0 Å². The molecular weight excluding hydrogens is 466 g/mol. The molecule has 200 valence electrons. The standard InChI is InChI=1S/C30H47NO4Si/c1-26(2,3)33-25(32)31-22-11-10-20-18-21-14-15-28(7)23(30(21)17-16-29(20,19-22)35-30)12-13-24(28)34-36(8,9)27(4,5)6/h10,18-19,23-24H,11-17H2,1-9H3,(H,31,32)/t23-,24+,28+,29-,30-/m1/s1. The van der Waals surface area contributed by atoms with Crippen LogP contribution in [-0.4, -0.2) is 37.3 Å². The van der Waals surface area contributed by atoms with Crippen molar-refractivity contribution in [3.05, 3.63) is 35.1 Å². The molecule has 0 aromatic heterocycles. The Morgan fingerprint density at radius 3 is 2.50 bits per heavy atom. The summed E-state index contributed by atoms with van der Waals surface area (Å²) in [5.41, 5.74) is 2.61. The highest BCUT2D eigenvalue weighted by Gasteiger charge is 2.67. The summed E-state index contributed by atoms with van der Waals surface area (Å²) in [6.45, 7) is 19.9. The molecule has 3 aliphatic carbocycles. The highest BCUT2D eigenvalue weighted by atomic mass is 28.4. The Morgan fingerprint density at radius 2 is 1.83 bits per heavy atom. The molecule has 0 aromatic carbocycles. The number of rotatable bonds is 3. The molecule has 2 saturated carbocycles. The molecule has 36 heavy (non-hydrogen) atoms. The molecule has 2 heterocycles. The predicted molar refractivity (Wildman–Crippen MR) is 146 cm³/mol. The van der Waals surface area contributed by atoms with Gasteiger partial charge in [0.2, 0.25) is 0 Å². The van der Waals surface area contributed by atoms with E-state index < -0.39 is 25.6 Å². The molecule has 2 bridgehead atoms. The van der Waals surface area contributed by atoms with Crippen LogP contribution in [0.5, 0.6) is 0 Å². The zero-order valence-electron chi connectivity index (χ0n) is 24.0. The number of ether oxygens (including phenoxy) is 2. The van der Waals surface area contributed by atoms with Gasteiger partial charge < -0.3 is 13.9 Å². The second-order valence-electron chi connectivity index (χ2n) is 14.7. The fraction of sp³-hybridized carbons (Fsp3) is 0.767. The molecule has 1 saturated heterocycles. The minimum atomic E-state index is -1.86. The molecule has 0 aromatic rings. The van der Waals surface area contributed by atoms with Gasteiger partial charge >= 0.3 is 6.09 Å². The van der Waals surface area contributed by atoms with Gasteiger partial charge in [-0.25, -0.2) is 4.79 Å². The molecule has 6 heteroatoms. The van der Waals surface area contributed by atoms with Gasteiger partial charge in [0.25, 0.3) is 0 Å². The van der Waals surface area contributed by atoms with Gasteiger partial charge in [-0.15, -0.1) is 0 Å². The van der Waals surface area contributed by atoms with Crippen molar-refractivity contribution in [2.24, 2.45) is 11.3 Å². The van der Waals surface area contributed by atoms with Gasteiger partial charge in [0, 0.05) is 12.1 Å². The molecule has 2 aliphatic heterocycles. The number of allylic oxidation sites excluding steroid dienone is 1. The molecule has 5 nitrogen and oxygen atoms in total. The molecule has 1 amide bonds. The molecule has 5 aliphatic rings. The van der Waals surface area contributed by atoms with Crippen LogP contribution < -0.4 is 5.32 Å². The fourth-order valence-electron chi connectivity index (χ4n) is 7.34. The van der Waals surface area contributed by atoms with E-state index in [0.717, 1.165) is 37.8 Å². The minimum Gasteiger partial charge on any atom is -0.444 e. The summed E-state index contributed by atoms with van der Waals surface area (Å²) in [6, 6.07) is 0. The summed E-state index contributed by atoms with van der Waals surface area (Å²) in [6.07, 6.45) is 14.0. The number of carbonyl (C=O) groups is 1. The molecule has 2 spiro atoms. The Labute approximate surface area is 219 Å². The zero-order valence-corrected chi connectivity index (χ0v) is 25.0. The summed E-state index contributed by atoms with van der Waals surface area (Å²) in [5, 5.41) is 3.21. The first kappa shape index (κ1) is 26.2. The van der Waals surface area contributed by atoms with Crippen LogP contribution in [0.4, 0.5) is 4.79 Å². The lowest BCUT2D eigenvalue weighted by Crippen LogP contribution is -2.56. The number of alkyl carbamates (subject to hydrolysis) is 1. The van der Waals surface area contributed by atoms with Crippen LogP contribution in [0, 0.1) is 11.3 Å². The third-order valence-electron chi connectivity index (χ3n) is 10.2. The van der Waals surface area contributed by atoms with E-state index >= 15 is 0 Å². The monoisotopic (exact) mass is 513 g/mol. The largest absolute Gasteiger partial charge is 0.444 e. The van der Waals surface area contributed by atoms with Crippen LogP contribution in [0.3, 0.4) is 0 Å². The van der Waals surface area contributed by atoms with Crippen molar-refractivity contribution in [1.29, 1.82) is 0 Å². The van der Waals surface area contributed by atoms with E-state index in [4.69, 9.17) is 13.9 Å². The average molecular weight is 514 g/mol. The molecule has 0 unspecified atom stereocenters. The van der Waals surface area contributed by atoms with Gasteiger partial charge in [0.05, 0.1) is 11.7 Å².